The Balaban J connectivity index is 0.000000401. The molecule has 1 atom stereocenters. The van der Waals surface area contributed by atoms with Gasteiger partial charge in [-0.3, -0.25) is 0 Å². The molecule has 0 bridgehead atoms. The highest BCUT2D eigenvalue weighted by Crippen LogP contribution is 2.28. The summed E-state index contributed by atoms with van der Waals surface area (Å²) in [4.78, 5) is 22.4. The van der Waals surface area contributed by atoms with Crippen LogP contribution in [0.3, 0.4) is 0 Å². The zero-order chi connectivity index (χ0) is 22.2. The molecule has 31 heavy (non-hydrogen) atoms. The molecule has 0 amide bonds. The summed E-state index contributed by atoms with van der Waals surface area (Å²) < 4.78 is 4.15. The number of hydrogen-bond acceptors (Lipinski definition) is 5. The molecule has 0 aliphatic rings. The fraction of sp³-hybridized carbons (Fsp3) is 0.227. The lowest BCUT2D eigenvalue weighted by Gasteiger charge is -2.20. The van der Waals surface area contributed by atoms with Crippen molar-refractivity contribution in [2.24, 2.45) is 0 Å². The molecule has 0 saturated carbocycles. The lowest BCUT2D eigenvalue weighted by atomic mass is 9.98. The van der Waals surface area contributed by atoms with Crippen LogP contribution in [-0.2, 0) is 16.1 Å². The predicted molar refractivity (Wildman–Crippen MR) is 114 cm³/mol. The zero-order valence-corrected chi connectivity index (χ0v) is 17.0. The van der Waals surface area contributed by atoms with Gasteiger partial charge in [0.05, 0.1) is 17.9 Å². The first-order chi connectivity index (χ1) is 15.0. The topological polar surface area (TPSA) is 123 Å². The average molecular weight is 421 g/mol. The number of fused-ring (bicyclic) bond motifs is 1. The van der Waals surface area contributed by atoms with E-state index in [1.165, 1.54) is 11.1 Å². The minimum atomic E-state index is -1.82. The number of aromatic nitrogens is 5. The Morgan fingerprint density at radius 3 is 2.39 bits per heavy atom. The van der Waals surface area contributed by atoms with Crippen molar-refractivity contribution in [3.8, 4) is 0 Å². The van der Waals surface area contributed by atoms with Gasteiger partial charge in [0.2, 0.25) is 0 Å². The van der Waals surface area contributed by atoms with E-state index in [1.807, 2.05) is 29.5 Å². The molecular formula is C22H23N5O4. The molecule has 0 aliphatic carbocycles. The maximum Gasteiger partial charge on any atom is 0.414 e. The van der Waals surface area contributed by atoms with Gasteiger partial charge < -0.3 is 14.8 Å². The highest BCUT2D eigenvalue weighted by molar-refractivity contribution is 6.27. The van der Waals surface area contributed by atoms with E-state index in [2.05, 4.69) is 69.3 Å². The van der Waals surface area contributed by atoms with Crippen molar-refractivity contribution in [3.05, 3.63) is 78.4 Å². The summed E-state index contributed by atoms with van der Waals surface area (Å²) in [6, 6.07) is 17.0. The fourth-order valence-corrected chi connectivity index (χ4v) is 3.22. The number of aliphatic carboxylic acids is 2. The number of carboxylic acids is 2. The fourth-order valence-electron chi connectivity index (χ4n) is 3.22. The first-order valence-corrected chi connectivity index (χ1v) is 9.83. The van der Waals surface area contributed by atoms with E-state index in [9.17, 15) is 0 Å². The Bertz CT molecular complexity index is 1130. The molecule has 2 aromatic heterocycles. The molecule has 0 aliphatic heterocycles. The Morgan fingerprint density at radius 1 is 1.03 bits per heavy atom. The van der Waals surface area contributed by atoms with Gasteiger partial charge in [-0.05, 0) is 29.7 Å². The number of imidazole rings is 1. The normalized spacial score (nSPS) is 11.5. The molecule has 9 heteroatoms. The van der Waals surface area contributed by atoms with Crippen LogP contribution in [0, 0.1) is 0 Å². The largest absolute Gasteiger partial charge is 0.473 e. The predicted octanol–water partition coefficient (Wildman–Crippen LogP) is 3.22. The highest BCUT2D eigenvalue weighted by atomic mass is 16.4. The maximum atomic E-state index is 9.10. The number of carboxylic acid groups (broad SMARTS) is 2. The molecular weight excluding hydrogens is 398 g/mol. The Hall–Kier alpha value is -4.01. The molecule has 0 radical (unpaired) electrons. The zero-order valence-electron chi connectivity index (χ0n) is 17.0. The third-order valence-electron chi connectivity index (χ3n) is 4.70. The van der Waals surface area contributed by atoms with Gasteiger partial charge in [-0.2, -0.15) is 0 Å². The van der Waals surface area contributed by atoms with Gasteiger partial charge in [-0.15, -0.1) is 5.10 Å². The van der Waals surface area contributed by atoms with Crippen LogP contribution < -0.4 is 0 Å². The molecule has 0 spiro atoms. The minimum Gasteiger partial charge on any atom is -0.473 e. The van der Waals surface area contributed by atoms with Gasteiger partial charge in [0.1, 0.15) is 5.52 Å². The standard InChI is InChI=1S/C20H21N5.C2H2O4/c1-2-3-12-25-19-14-17(9-10-18(19)22-23-25)20(24-13-11-21-15-24)16-7-5-4-6-8-16;3-1(4)2(5)6/h4-11,13-15,20H,2-3,12H2,1H3;(H,3,4)(H,5,6). The van der Waals surface area contributed by atoms with Crippen LogP contribution in [0.15, 0.2) is 67.3 Å². The van der Waals surface area contributed by atoms with E-state index in [1.54, 1.807) is 0 Å². The molecule has 2 N–H and O–H groups in total. The average Bonchev–Trinajstić information content (AvgIpc) is 3.44. The van der Waals surface area contributed by atoms with E-state index < -0.39 is 11.9 Å². The molecule has 0 fully saturated rings. The van der Waals surface area contributed by atoms with Gasteiger partial charge in [0.15, 0.2) is 0 Å². The van der Waals surface area contributed by atoms with Gasteiger partial charge in [0.25, 0.3) is 0 Å². The smallest absolute Gasteiger partial charge is 0.414 e. The third-order valence-corrected chi connectivity index (χ3v) is 4.70. The lowest BCUT2D eigenvalue weighted by Crippen LogP contribution is -2.11. The summed E-state index contributed by atoms with van der Waals surface area (Å²) in [7, 11) is 0. The summed E-state index contributed by atoms with van der Waals surface area (Å²) in [6.45, 7) is 3.09. The van der Waals surface area contributed by atoms with E-state index >= 15 is 0 Å². The monoisotopic (exact) mass is 421 g/mol. The summed E-state index contributed by atoms with van der Waals surface area (Å²) in [5.74, 6) is -3.65. The van der Waals surface area contributed by atoms with Crippen molar-refractivity contribution in [1.82, 2.24) is 24.5 Å². The number of benzene rings is 2. The van der Waals surface area contributed by atoms with Gasteiger partial charge in [0, 0.05) is 18.9 Å². The second kappa shape index (κ2) is 10.1. The molecule has 2 aromatic carbocycles. The van der Waals surface area contributed by atoms with Crippen LogP contribution in [0.1, 0.15) is 36.9 Å². The van der Waals surface area contributed by atoms with Crippen molar-refractivity contribution >= 4 is 23.0 Å². The summed E-state index contributed by atoms with van der Waals surface area (Å²) >= 11 is 0. The molecule has 4 aromatic rings. The van der Waals surface area contributed by atoms with Crippen molar-refractivity contribution in [2.45, 2.75) is 32.4 Å². The second-order valence-electron chi connectivity index (χ2n) is 6.85. The van der Waals surface area contributed by atoms with Gasteiger partial charge in [-0.25, -0.2) is 19.3 Å². The van der Waals surface area contributed by atoms with Crippen molar-refractivity contribution in [2.75, 3.05) is 0 Å². The van der Waals surface area contributed by atoms with Crippen LogP contribution in [0.4, 0.5) is 0 Å². The molecule has 0 saturated heterocycles. The van der Waals surface area contributed by atoms with Crippen LogP contribution in [0.5, 0.6) is 0 Å². The molecule has 2 heterocycles. The lowest BCUT2D eigenvalue weighted by molar-refractivity contribution is -0.159. The van der Waals surface area contributed by atoms with Crippen LogP contribution >= 0.6 is 0 Å². The Kier molecular flexibility index (Phi) is 7.10. The van der Waals surface area contributed by atoms with Gasteiger partial charge >= 0.3 is 11.9 Å². The summed E-state index contributed by atoms with van der Waals surface area (Å²) in [5, 5.41) is 23.4. The van der Waals surface area contributed by atoms with E-state index in [0.29, 0.717) is 0 Å². The van der Waals surface area contributed by atoms with Crippen LogP contribution in [0.2, 0.25) is 0 Å². The van der Waals surface area contributed by atoms with Crippen LogP contribution in [-0.4, -0.2) is 46.7 Å². The van der Waals surface area contributed by atoms with Crippen molar-refractivity contribution < 1.29 is 19.8 Å². The number of hydrogen-bond donors (Lipinski definition) is 2. The van der Waals surface area contributed by atoms with E-state index in [-0.39, 0.29) is 6.04 Å². The van der Waals surface area contributed by atoms with Crippen molar-refractivity contribution in [3.63, 3.8) is 0 Å². The van der Waals surface area contributed by atoms with E-state index in [4.69, 9.17) is 19.8 Å². The Morgan fingerprint density at radius 2 is 1.77 bits per heavy atom. The van der Waals surface area contributed by atoms with Crippen molar-refractivity contribution in [1.29, 1.82) is 0 Å². The third kappa shape index (κ3) is 5.33. The first-order valence-electron chi connectivity index (χ1n) is 9.83. The number of unbranched alkanes of at least 4 members (excludes halogenated alkanes) is 1. The summed E-state index contributed by atoms with van der Waals surface area (Å²) in [6.07, 6.45) is 7.94. The minimum absolute atomic E-state index is 0.0858. The van der Waals surface area contributed by atoms with Crippen LogP contribution in [0.25, 0.3) is 11.0 Å². The number of aryl methyl sites for hydroxylation is 1. The number of nitrogens with zero attached hydrogens (tertiary/aromatic N) is 5. The van der Waals surface area contributed by atoms with E-state index in [0.717, 1.165) is 30.4 Å². The SMILES string of the molecule is CCCCn1nnc2ccc(C(c3ccccc3)n3ccnc3)cc21.O=C(O)C(=O)O. The maximum absolute atomic E-state index is 9.10. The first kappa shape index (κ1) is 21.7. The van der Waals surface area contributed by atoms with Gasteiger partial charge in [-0.1, -0.05) is 55.0 Å². The molecule has 4 rings (SSSR count). The second-order valence-corrected chi connectivity index (χ2v) is 6.85. The number of rotatable bonds is 6. The molecule has 9 nitrogen and oxygen atoms in total. The Labute approximate surface area is 178 Å². The quantitative estimate of drug-likeness (QED) is 0.458. The molecule has 1 unspecified atom stereocenters. The molecule has 160 valence electrons. The number of carbonyl (C=O) groups is 2. The highest BCUT2D eigenvalue weighted by Gasteiger charge is 2.17. The summed E-state index contributed by atoms with van der Waals surface area (Å²) in [5.41, 5.74) is 4.47.